The number of aliphatic carboxylic acids is 1. The highest BCUT2D eigenvalue weighted by Crippen LogP contribution is 2.48. The molecule has 0 spiro atoms. The fraction of sp³-hybridized carbons (Fsp3) is 0.742. The minimum absolute atomic E-state index is 0.0153. The fourth-order valence-corrected chi connectivity index (χ4v) is 7.59. The number of carboxylic acids is 1. The van der Waals surface area contributed by atoms with E-state index in [1.165, 1.54) is 11.1 Å². The molecule has 206 valence electrons. The van der Waals surface area contributed by atoms with Crippen LogP contribution in [0.15, 0.2) is 34.5 Å². The zero-order valence-corrected chi connectivity index (χ0v) is 24.6. The SMILES string of the molecule is CC1CC(C)(N2C=C3CC(C)(C)CCC(C4C=C(Cl)C(CCC(C)(C)C)=CC4)C3NC2=O)CC1C(=O)O. The number of nitrogens with one attached hydrogen (secondary N) is 1. The summed E-state index contributed by atoms with van der Waals surface area (Å²) in [6.45, 7) is 15.5. The summed E-state index contributed by atoms with van der Waals surface area (Å²) >= 11 is 6.84. The minimum Gasteiger partial charge on any atom is -0.481 e. The molecule has 6 unspecified atom stereocenters. The van der Waals surface area contributed by atoms with Crippen LogP contribution in [0.2, 0.25) is 0 Å². The van der Waals surface area contributed by atoms with E-state index >= 15 is 0 Å². The van der Waals surface area contributed by atoms with Crippen LogP contribution in [0.3, 0.4) is 0 Å². The Bertz CT molecular complexity index is 1020. The second kappa shape index (κ2) is 10.1. The van der Waals surface area contributed by atoms with Crippen molar-refractivity contribution < 1.29 is 14.7 Å². The van der Waals surface area contributed by atoms with Gasteiger partial charge in [0.2, 0.25) is 0 Å². The van der Waals surface area contributed by atoms with E-state index < -0.39 is 17.4 Å². The van der Waals surface area contributed by atoms with Crippen LogP contribution in [0.1, 0.15) is 99.8 Å². The number of fused-ring (bicyclic) bond motifs is 1. The molecule has 0 radical (unpaired) electrons. The summed E-state index contributed by atoms with van der Waals surface area (Å²) in [4.78, 5) is 27.3. The predicted octanol–water partition coefficient (Wildman–Crippen LogP) is 7.88. The van der Waals surface area contributed by atoms with Gasteiger partial charge in [-0.2, -0.15) is 0 Å². The van der Waals surface area contributed by atoms with Gasteiger partial charge in [0.1, 0.15) is 0 Å². The summed E-state index contributed by atoms with van der Waals surface area (Å²) in [6.07, 6.45) is 14.0. The van der Waals surface area contributed by atoms with E-state index in [1.807, 2.05) is 11.8 Å². The molecule has 5 nitrogen and oxygen atoms in total. The van der Waals surface area contributed by atoms with Crippen molar-refractivity contribution in [1.29, 1.82) is 0 Å². The van der Waals surface area contributed by atoms with Gasteiger partial charge in [-0.15, -0.1) is 0 Å². The Labute approximate surface area is 228 Å². The zero-order valence-electron chi connectivity index (χ0n) is 23.9. The molecule has 1 aliphatic heterocycles. The van der Waals surface area contributed by atoms with Gasteiger partial charge in [0.25, 0.3) is 0 Å². The number of carbonyl (C=O) groups is 2. The fourth-order valence-electron chi connectivity index (χ4n) is 7.25. The largest absolute Gasteiger partial charge is 0.481 e. The molecule has 4 aliphatic rings. The van der Waals surface area contributed by atoms with Crippen molar-refractivity contribution in [3.8, 4) is 0 Å². The first-order valence-corrected chi connectivity index (χ1v) is 14.6. The van der Waals surface area contributed by atoms with Crippen LogP contribution in [0.25, 0.3) is 0 Å². The van der Waals surface area contributed by atoms with Gasteiger partial charge < -0.3 is 10.4 Å². The molecule has 0 saturated heterocycles. The number of amides is 2. The molecule has 0 bridgehead atoms. The maximum atomic E-state index is 13.6. The molecule has 1 heterocycles. The number of hydrogen-bond acceptors (Lipinski definition) is 2. The summed E-state index contributed by atoms with van der Waals surface area (Å²) in [7, 11) is 0. The maximum absolute atomic E-state index is 13.6. The normalized spacial score (nSPS) is 36.1. The van der Waals surface area contributed by atoms with Gasteiger partial charge in [0, 0.05) is 16.8 Å². The Morgan fingerprint density at radius 2 is 1.95 bits per heavy atom. The molecule has 0 aromatic rings. The highest BCUT2D eigenvalue weighted by Gasteiger charge is 2.51. The van der Waals surface area contributed by atoms with E-state index in [-0.39, 0.29) is 34.7 Å². The van der Waals surface area contributed by atoms with Gasteiger partial charge >= 0.3 is 12.0 Å². The van der Waals surface area contributed by atoms with Crippen LogP contribution < -0.4 is 5.32 Å². The average Bonchev–Trinajstić information content (AvgIpc) is 3.01. The number of carboxylic acid groups (broad SMARTS) is 1. The van der Waals surface area contributed by atoms with Crippen molar-refractivity contribution in [2.45, 2.75) is 111 Å². The summed E-state index contributed by atoms with van der Waals surface area (Å²) in [5.74, 6) is -0.556. The summed E-state index contributed by atoms with van der Waals surface area (Å²) < 4.78 is 0. The third kappa shape index (κ3) is 6.13. The van der Waals surface area contributed by atoms with E-state index in [1.54, 1.807) is 0 Å². The molecule has 2 fully saturated rings. The Hall–Kier alpha value is -1.75. The molecular weight excluding hydrogens is 484 g/mol. The number of allylic oxidation sites excluding steroid dienone is 4. The molecule has 6 atom stereocenters. The number of rotatable bonds is 5. The number of carbonyl (C=O) groups excluding carboxylic acids is 1. The summed E-state index contributed by atoms with van der Waals surface area (Å²) in [5, 5.41) is 14.0. The molecular formula is C31H47ClN2O3. The number of hydrogen-bond donors (Lipinski definition) is 2. The van der Waals surface area contributed by atoms with Crippen LogP contribution in [0.5, 0.6) is 0 Å². The Balaban J connectivity index is 1.59. The molecule has 6 heteroatoms. The van der Waals surface area contributed by atoms with Crippen molar-refractivity contribution in [1.82, 2.24) is 10.2 Å². The van der Waals surface area contributed by atoms with E-state index in [4.69, 9.17) is 11.6 Å². The first kappa shape index (κ1) is 28.3. The number of halogens is 1. The topological polar surface area (TPSA) is 69.6 Å². The Kier molecular flexibility index (Phi) is 7.71. The van der Waals surface area contributed by atoms with Crippen LogP contribution >= 0.6 is 11.6 Å². The van der Waals surface area contributed by atoms with E-state index in [0.29, 0.717) is 18.8 Å². The average molecular weight is 531 g/mol. The zero-order chi connectivity index (χ0) is 27.3. The van der Waals surface area contributed by atoms with Gasteiger partial charge in [-0.3, -0.25) is 9.69 Å². The summed E-state index contributed by atoms with van der Waals surface area (Å²) in [5.41, 5.74) is 2.45. The van der Waals surface area contributed by atoms with Gasteiger partial charge in [0.05, 0.1) is 12.0 Å². The maximum Gasteiger partial charge on any atom is 0.322 e. The van der Waals surface area contributed by atoms with Gasteiger partial charge in [-0.05, 0) is 98.0 Å². The molecule has 0 aromatic heterocycles. The molecule has 2 saturated carbocycles. The van der Waals surface area contributed by atoms with Crippen molar-refractivity contribution in [2.75, 3.05) is 0 Å². The lowest BCUT2D eigenvalue weighted by molar-refractivity contribution is -0.142. The van der Waals surface area contributed by atoms with Crippen molar-refractivity contribution >= 4 is 23.6 Å². The molecule has 2 N–H and O–H groups in total. The van der Waals surface area contributed by atoms with Crippen LogP contribution in [-0.2, 0) is 4.79 Å². The molecule has 37 heavy (non-hydrogen) atoms. The van der Waals surface area contributed by atoms with Gasteiger partial charge in [0.15, 0.2) is 0 Å². The predicted molar refractivity (Wildman–Crippen MR) is 150 cm³/mol. The van der Waals surface area contributed by atoms with Crippen molar-refractivity contribution in [2.24, 2.45) is 34.5 Å². The first-order chi connectivity index (χ1) is 17.1. The summed E-state index contributed by atoms with van der Waals surface area (Å²) in [6, 6.07) is -0.107. The highest BCUT2D eigenvalue weighted by atomic mass is 35.5. The lowest BCUT2D eigenvalue weighted by atomic mass is 9.76. The van der Waals surface area contributed by atoms with Crippen LogP contribution in [-0.4, -0.2) is 33.6 Å². The monoisotopic (exact) mass is 530 g/mol. The molecule has 2 amide bonds. The highest BCUT2D eigenvalue weighted by molar-refractivity contribution is 6.32. The molecule has 3 aliphatic carbocycles. The Morgan fingerprint density at radius 3 is 2.54 bits per heavy atom. The standard InChI is InChI=1S/C31H47ClN2O3/c1-19-15-31(7,17-24(19)27(35)36)34-18-22-16-30(5,6)13-11-23(26(22)33-28(34)37)21-9-8-20(25(32)14-21)10-12-29(2,3)4/h8,14,18-19,21,23-24,26H,9-13,15-17H2,1-7H3,(H,33,37)(H,35,36). The third-order valence-electron chi connectivity index (χ3n) is 9.46. The molecule has 4 rings (SSSR count). The van der Waals surface area contributed by atoms with E-state index in [0.717, 1.165) is 43.6 Å². The van der Waals surface area contributed by atoms with E-state index in [9.17, 15) is 14.7 Å². The van der Waals surface area contributed by atoms with Crippen molar-refractivity contribution in [3.05, 3.63) is 34.5 Å². The van der Waals surface area contributed by atoms with Gasteiger partial charge in [-0.25, -0.2) is 4.79 Å². The second-order valence-electron chi connectivity index (χ2n) is 14.6. The van der Waals surface area contributed by atoms with Crippen LogP contribution in [0.4, 0.5) is 4.79 Å². The first-order valence-electron chi connectivity index (χ1n) is 14.2. The number of nitrogens with zero attached hydrogens (tertiary/aromatic N) is 1. The quantitative estimate of drug-likeness (QED) is 0.380. The lowest BCUT2D eigenvalue weighted by Gasteiger charge is -2.44. The number of urea groups is 1. The smallest absolute Gasteiger partial charge is 0.322 e. The lowest BCUT2D eigenvalue weighted by Crippen LogP contribution is -2.57. The second-order valence-corrected chi connectivity index (χ2v) is 15.0. The van der Waals surface area contributed by atoms with Crippen molar-refractivity contribution in [3.63, 3.8) is 0 Å². The third-order valence-corrected chi connectivity index (χ3v) is 9.83. The van der Waals surface area contributed by atoms with Crippen LogP contribution in [0, 0.1) is 34.5 Å². The van der Waals surface area contributed by atoms with E-state index in [2.05, 4.69) is 65.2 Å². The Morgan fingerprint density at radius 1 is 1.24 bits per heavy atom. The molecule has 0 aromatic carbocycles. The van der Waals surface area contributed by atoms with Gasteiger partial charge in [-0.1, -0.05) is 65.3 Å². The minimum atomic E-state index is -0.759.